The first kappa shape index (κ1) is 17.4. The average molecular weight is 339 g/mol. The van der Waals surface area contributed by atoms with Crippen molar-refractivity contribution in [2.75, 3.05) is 19.7 Å². The van der Waals surface area contributed by atoms with Crippen LogP contribution in [0.5, 0.6) is 0 Å². The second-order valence-corrected chi connectivity index (χ2v) is 6.46. The molecule has 5 heteroatoms. The Morgan fingerprint density at radius 3 is 2.76 bits per heavy atom. The Morgan fingerprint density at radius 2 is 2.04 bits per heavy atom. The minimum absolute atomic E-state index is 0.358. The lowest BCUT2D eigenvalue weighted by molar-refractivity contribution is 0.0518. The Kier molecular flexibility index (Phi) is 5.34. The molecule has 0 bridgehead atoms. The summed E-state index contributed by atoms with van der Waals surface area (Å²) >= 11 is 0. The number of ether oxygens (including phenoxy) is 1. The molecule has 1 aromatic carbocycles. The van der Waals surface area contributed by atoms with Crippen LogP contribution < -0.4 is 0 Å². The van der Waals surface area contributed by atoms with Crippen molar-refractivity contribution in [2.45, 2.75) is 26.8 Å². The molecule has 2 aromatic rings. The molecule has 1 aliphatic rings. The third-order valence-electron chi connectivity index (χ3n) is 4.62. The molecular formula is C20H25N3O2. The molecule has 0 amide bonds. The van der Waals surface area contributed by atoms with Gasteiger partial charge in [-0.1, -0.05) is 35.9 Å². The van der Waals surface area contributed by atoms with Crippen molar-refractivity contribution in [1.29, 1.82) is 0 Å². The van der Waals surface area contributed by atoms with Crippen LogP contribution in [0.3, 0.4) is 0 Å². The van der Waals surface area contributed by atoms with E-state index in [2.05, 4.69) is 41.2 Å². The van der Waals surface area contributed by atoms with Gasteiger partial charge in [0, 0.05) is 26.7 Å². The predicted molar refractivity (Wildman–Crippen MR) is 98.1 cm³/mol. The molecule has 1 aliphatic heterocycles. The van der Waals surface area contributed by atoms with E-state index in [0.717, 1.165) is 31.7 Å². The first-order valence-corrected chi connectivity index (χ1v) is 8.75. The molecule has 3 rings (SSSR count). The van der Waals surface area contributed by atoms with Crippen molar-refractivity contribution in [1.82, 2.24) is 14.7 Å². The fraction of sp³-hybridized carbons (Fsp3) is 0.400. The van der Waals surface area contributed by atoms with Crippen molar-refractivity contribution >= 4 is 11.5 Å². The lowest BCUT2D eigenvalue weighted by atomic mass is 9.98. The number of nitrogens with zero attached hydrogens (tertiary/aromatic N) is 3. The van der Waals surface area contributed by atoms with E-state index in [9.17, 15) is 4.79 Å². The molecule has 1 aromatic heterocycles. The molecule has 0 unspecified atom stereocenters. The summed E-state index contributed by atoms with van der Waals surface area (Å²) in [6.07, 6.45) is 1.03. The molecule has 0 N–H and O–H groups in total. The molecule has 0 aliphatic carbocycles. The topological polar surface area (TPSA) is 47.4 Å². The second-order valence-electron chi connectivity index (χ2n) is 6.46. The summed E-state index contributed by atoms with van der Waals surface area (Å²) in [6.45, 7) is 7.18. The molecule has 5 nitrogen and oxygen atoms in total. The van der Waals surface area contributed by atoms with Crippen LogP contribution in [0.15, 0.2) is 42.0 Å². The van der Waals surface area contributed by atoms with Crippen LogP contribution in [0.2, 0.25) is 0 Å². The lowest BCUT2D eigenvalue weighted by Crippen LogP contribution is -2.31. The molecule has 0 fully saturated rings. The van der Waals surface area contributed by atoms with E-state index in [1.807, 2.05) is 19.2 Å². The number of hydrogen-bond donors (Lipinski definition) is 0. The van der Waals surface area contributed by atoms with Crippen LogP contribution >= 0.6 is 0 Å². The predicted octanol–water partition coefficient (Wildman–Crippen LogP) is 3.28. The number of carbonyl (C=O) groups is 1. The standard InChI is InChI=1S/C20H25N3O2/c1-4-25-20(24)18-12-19(22(3)21-18)17-14-23(11-10-15(17)2)13-16-8-6-5-7-9-16/h5-9,12H,4,10-11,13-14H2,1-3H3. The molecule has 0 saturated carbocycles. The highest BCUT2D eigenvalue weighted by Gasteiger charge is 2.22. The van der Waals surface area contributed by atoms with Gasteiger partial charge in [-0.25, -0.2) is 4.79 Å². The Bertz CT molecular complexity index is 777. The number of hydrogen-bond acceptors (Lipinski definition) is 4. The Labute approximate surface area is 148 Å². The van der Waals surface area contributed by atoms with Gasteiger partial charge < -0.3 is 4.74 Å². The molecule has 0 atom stereocenters. The van der Waals surface area contributed by atoms with Crippen LogP contribution in [0.4, 0.5) is 0 Å². The quantitative estimate of drug-likeness (QED) is 0.785. The maximum atomic E-state index is 12.0. The average Bonchev–Trinajstić information content (AvgIpc) is 2.99. The number of benzene rings is 1. The van der Waals surface area contributed by atoms with Gasteiger partial charge in [0.1, 0.15) is 0 Å². The van der Waals surface area contributed by atoms with Gasteiger partial charge in [0.2, 0.25) is 0 Å². The SMILES string of the molecule is CCOC(=O)c1cc(C2=C(C)CCN(Cc3ccccc3)C2)n(C)n1. The van der Waals surface area contributed by atoms with E-state index in [1.54, 1.807) is 11.6 Å². The summed E-state index contributed by atoms with van der Waals surface area (Å²) in [5.74, 6) is -0.362. The Hall–Kier alpha value is -2.40. The van der Waals surface area contributed by atoms with Crippen molar-refractivity contribution in [3.05, 3.63) is 58.9 Å². The zero-order chi connectivity index (χ0) is 17.8. The molecule has 2 heterocycles. The summed E-state index contributed by atoms with van der Waals surface area (Å²) in [5.41, 5.74) is 5.31. The van der Waals surface area contributed by atoms with Crippen LogP contribution in [-0.4, -0.2) is 40.3 Å². The zero-order valence-electron chi connectivity index (χ0n) is 15.2. The van der Waals surface area contributed by atoms with Gasteiger partial charge in [-0.3, -0.25) is 9.58 Å². The Balaban J connectivity index is 1.80. The van der Waals surface area contributed by atoms with Gasteiger partial charge in [0.05, 0.1) is 12.3 Å². The fourth-order valence-electron chi connectivity index (χ4n) is 3.25. The highest BCUT2D eigenvalue weighted by Crippen LogP contribution is 2.27. The van der Waals surface area contributed by atoms with E-state index >= 15 is 0 Å². The van der Waals surface area contributed by atoms with E-state index in [0.29, 0.717) is 12.3 Å². The van der Waals surface area contributed by atoms with Gasteiger partial charge in [-0.05, 0) is 37.5 Å². The smallest absolute Gasteiger partial charge is 0.358 e. The molecule has 0 saturated heterocycles. The summed E-state index contributed by atoms with van der Waals surface area (Å²) in [5, 5.41) is 4.34. The van der Waals surface area contributed by atoms with Crippen molar-refractivity contribution in [2.24, 2.45) is 7.05 Å². The molecule has 132 valence electrons. The summed E-state index contributed by atoms with van der Waals surface area (Å²) in [6, 6.07) is 12.4. The fourth-order valence-corrected chi connectivity index (χ4v) is 3.25. The first-order chi connectivity index (χ1) is 12.1. The number of esters is 1. The largest absolute Gasteiger partial charge is 0.461 e. The van der Waals surface area contributed by atoms with Crippen molar-refractivity contribution in [3.8, 4) is 0 Å². The lowest BCUT2D eigenvalue weighted by Gasteiger charge is -2.30. The third kappa shape index (κ3) is 3.99. The zero-order valence-corrected chi connectivity index (χ0v) is 15.2. The van der Waals surface area contributed by atoms with Crippen LogP contribution in [0.1, 0.15) is 42.0 Å². The minimum atomic E-state index is -0.362. The first-order valence-electron chi connectivity index (χ1n) is 8.75. The number of rotatable bonds is 5. The minimum Gasteiger partial charge on any atom is -0.461 e. The maximum Gasteiger partial charge on any atom is 0.358 e. The monoisotopic (exact) mass is 339 g/mol. The van der Waals surface area contributed by atoms with Gasteiger partial charge in [0.25, 0.3) is 0 Å². The van der Waals surface area contributed by atoms with Crippen LogP contribution in [-0.2, 0) is 18.3 Å². The van der Waals surface area contributed by atoms with Gasteiger partial charge in [-0.15, -0.1) is 0 Å². The van der Waals surface area contributed by atoms with Crippen LogP contribution in [0, 0.1) is 0 Å². The van der Waals surface area contributed by atoms with E-state index in [-0.39, 0.29) is 5.97 Å². The van der Waals surface area contributed by atoms with Crippen LogP contribution in [0.25, 0.3) is 5.57 Å². The third-order valence-corrected chi connectivity index (χ3v) is 4.62. The molecule has 0 spiro atoms. The molecular weight excluding hydrogens is 314 g/mol. The van der Waals surface area contributed by atoms with Gasteiger partial charge >= 0.3 is 5.97 Å². The van der Waals surface area contributed by atoms with Crippen molar-refractivity contribution < 1.29 is 9.53 Å². The van der Waals surface area contributed by atoms with Gasteiger partial charge in [0.15, 0.2) is 5.69 Å². The highest BCUT2D eigenvalue weighted by atomic mass is 16.5. The number of aromatic nitrogens is 2. The van der Waals surface area contributed by atoms with E-state index in [1.165, 1.54) is 16.7 Å². The van der Waals surface area contributed by atoms with E-state index < -0.39 is 0 Å². The van der Waals surface area contributed by atoms with E-state index in [4.69, 9.17) is 4.74 Å². The molecule has 25 heavy (non-hydrogen) atoms. The summed E-state index contributed by atoms with van der Waals surface area (Å²) in [4.78, 5) is 14.4. The number of carbonyl (C=O) groups excluding carboxylic acids is 1. The summed E-state index contributed by atoms with van der Waals surface area (Å²) in [7, 11) is 1.88. The number of aryl methyl sites for hydroxylation is 1. The maximum absolute atomic E-state index is 12.0. The summed E-state index contributed by atoms with van der Waals surface area (Å²) < 4.78 is 6.86. The Morgan fingerprint density at radius 1 is 1.28 bits per heavy atom. The molecule has 0 radical (unpaired) electrons. The highest BCUT2D eigenvalue weighted by molar-refractivity contribution is 5.88. The van der Waals surface area contributed by atoms with Crippen molar-refractivity contribution in [3.63, 3.8) is 0 Å². The van der Waals surface area contributed by atoms with Gasteiger partial charge in [-0.2, -0.15) is 5.10 Å². The normalized spacial score (nSPS) is 15.5. The second kappa shape index (κ2) is 7.66.